The molecule has 0 heterocycles. The smallest absolute Gasteiger partial charge is 0.308 e. The molecule has 0 saturated carbocycles. The summed E-state index contributed by atoms with van der Waals surface area (Å²) in [6, 6.07) is 4.28. The van der Waals surface area contributed by atoms with Crippen LogP contribution < -0.4 is 10.6 Å². The topological polar surface area (TPSA) is 58.2 Å². The number of alkyl halides is 1. The number of hydrogen-bond acceptors (Lipinski definition) is 2. The lowest BCUT2D eigenvalue weighted by Gasteiger charge is -2.06. The molecule has 0 saturated heterocycles. The zero-order chi connectivity index (χ0) is 12.8. The lowest BCUT2D eigenvalue weighted by molar-refractivity contribution is -0.119. The third-order valence-corrected chi connectivity index (χ3v) is 3.15. The van der Waals surface area contributed by atoms with Crippen LogP contribution in [0.25, 0.3) is 0 Å². The van der Waals surface area contributed by atoms with Gasteiger partial charge in [-0.1, -0.05) is 11.6 Å². The fourth-order valence-electron chi connectivity index (χ4n) is 1.01. The van der Waals surface area contributed by atoms with Crippen molar-refractivity contribution in [3.05, 3.63) is 27.7 Å². The van der Waals surface area contributed by atoms with Crippen LogP contribution in [0.1, 0.15) is 6.42 Å². The summed E-state index contributed by atoms with van der Waals surface area (Å²) in [6.07, 6.45) is 0.0965. The van der Waals surface area contributed by atoms with E-state index in [-0.39, 0.29) is 12.3 Å². The van der Waals surface area contributed by atoms with E-state index < -0.39 is 11.9 Å². The Morgan fingerprint density at radius 2 is 2.06 bits per heavy atom. The van der Waals surface area contributed by atoms with E-state index in [0.29, 0.717) is 15.2 Å². The molecule has 0 fully saturated rings. The minimum Gasteiger partial charge on any atom is -0.308 e. The molecule has 0 spiro atoms. The second kappa shape index (κ2) is 6.83. The largest absolute Gasteiger partial charge is 0.325 e. The maximum Gasteiger partial charge on any atom is 0.325 e. The van der Waals surface area contributed by atoms with Crippen molar-refractivity contribution in [2.45, 2.75) is 6.42 Å². The summed E-state index contributed by atoms with van der Waals surface area (Å²) < 4.78 is 0.657. The first-order valence-corrected chi connectivity index (χ1v) is 6.35. The summed E-state index contributed by atoms with van der Waals surface area (Å²) in [5, 5.41) is 5.17. The second-order valence-corrected chi connectivity index (χ2v) is 4.71. The van der Waals surface area contributed by atoms with E-state index in [2.05, 4.69) is 26.6 Å². The van der Waals surface area contributed by atoms with E-state index in [1.54, 1.807) is 18.2 Å². The summed E-state index contributed by atoms with van der Waals surface area (Å²) in [6.45, 7) is 0. The van der Waals surface area contributed by atoms with Crippen molar-refractivity contribution in [2.24, 2.45) is 0 Å². The minimum atomic E-state index is -0.602. The summed E-state index contributed by atoms with van der Waals surface area (Å²) in [7, 11) is 0. The highest BCUT2D eigenvalue weighted by Gasteiger charge is 2.07. The first-order valence-electron chi connectivity index (χ1n) is 4.65. The zero-order valence-corrected chi connectivity index (χ0v) is 11.7. The highest BCUT2D eigenvalue weighted by molar-refractivity contribution is 9.10. The third kappa shape index (κ3) is 4.93. The van der Waals surface area contributed by atoms with Gasteiger partial charge in [0.2, 0.25) is 5.91 Å². The maximum atomic E-state index is 11.4. The molecular weight excluding hydrogens is 331 g/mol. The van der Waals surface area contributed by atoms with E-state index in [0.717, 1.165) is 0 Å². The molecule has 0 unspecified atom stereocenters. The van der Waals surface area contributed by atoms with Crippen molar-refractivity contribution in [1.29, 1.82) is 0 Å². The molecular formula is C10H9BrCl2N2O2. The number of imide groups is 1. The van der Waals surface area contributed by atoms with Crippen molar-refractivity contribution in [1.82, 2.24) is 5.32 Å². The molecule has 0 aliphatic rings. The van der Waals surface area contributed by atoms with Crippen LogP contribution in [0.2, 0.25) is 5.02 Å². The molecule has 2 N–H and O–H groups in total. The normalized spacial score (nSPS) is 9.82. The number of benzene rings is 1. The van der Waals surface area contributed by atoms with Gasteiger partial charge in [0.15, 0.2) is 0 Å². The molecule has 1 aromatic carbocycles. The summed E-state index contributed by atoms with van der Waals surface area (Å²) in [4.78, 5) is 22.4. The SMILES string of the molecule is O=C(CCCl)NC(=O)Nc1ccc(Cl)c(Br)c1. The van der Waals surface area contributed by atoms with Crippen molar-refractivity contribution in [2.75, 3.05) is 11.2 Å². The molecule has 0 aliphatic carbocycles. The van der Waals surface area contributed by atoms with E-state index >= 15 is 0 Å². The zero-order valence-electron chi connectivity index (χ0n) is 8.60. The molecule has 0 bridgehead atoms. The standard InChI is InChI=1S/C10H9BrCl2N2O2/c11-7-5-6(1-2-8(7)13)14-10(17)15-9(16)3-4-12/h1-2,5H,3-4H2,(H2,14,15,16,17). The Bertz CT molecular complexity index is 440. The lowest BCUT2D eigenvalue weighted by Crippen LogP contribution is -2.34. The number of anilines is 1. The predicted molar refractivity (Wildman–Crippen MR) is 71.7 cm³/mol. The lowest BCUT2D eigenvalue weighted by atomic mass is 10.3. The van der Waals surface area contributed by atoms with Gasteiger partial charge in [0.05, 0.1) is 5.02 Å². The number of rotatable bonds is 3. The third-order valence-electron chi connectivity index (χ3n) is 1.75. The highest BCUT2D eigenvalue weighted by atomic mass is 79.9. The molecule has 4 nitrogen and oxygen atoms in total. The van der Waals surface area contributed by atoms with Crippen LogP contribution in [-0.4, -0.2) is 17.8 Å². The first-order chi connectivity index (χ1) is 8.02. The molecule has 0 aromatic heterocycles. The fourth-order valence-corrected chi connectivity index (χ4v) is 1.68. The number of amides is 3. The number of hydrogen-bond donors (Lipinski definition) is 2. The number of carbonyl (C=O) groups is 2. The summed E-state index contributed by atoms with van der Waals surface area (Å²) >= 11 is 14.4. The van der Waals surface area contributed by atoms with Gasteiger partial charge >= 0.3 is 6.03 Å². The Labute approximate surface area is 117 Å². The Morgan fingerprint density at radius 1 is 1.35 bits per heavy atom. The monoisotopic (exact) mass is 338 g/mol. The van der Waals surface area contributed by atoms with E-state index in [1.165, 1.54) is 0 Å². The molecule has 17 heavy (non-hydrogen) atoms. The van der Waals surface area contributed by atoms with Crippen LogP contribution in [0, 0.1) is 0 Å². The number of halogens is 3. The summed E-state index contributed by atoms with van der Waals surface area (Å²) in [5.41, 5.74) is 0.525. The summed E-state index contributed by atoms with van der Waals surface area (Å²) in [5.74, 6) is -0.253. The van der Waals surface area contributed by atoms with E-state index in [9.17, 15) is 9.59 Å². The molecule has 1 aromatic rings. The van der Waals surface area contributed by atoms with Crippen molar-refractivity contribution in [3.8, 4) is 0 Å². The van der Waals surface area contributed by atoms with Crippen LogP contribution in [0.15, 0.2) is 22.7 Å². The number of urea groups is 1. The Morgan fingerprint density at radius 3 is 2.65 bits per heavy atom. The van der Waals surface area contributed by atoms with Gasteiger partial charge in [-0.05, 0) is 34.1 Å². The van der Waals surface area contributed by atoms with Gasteiger partial charge in [-0.2, -0.15) is 0 Å². The Balaban J connectivity index is 2.56. The van der Waals surface area contributed by atoms with Crippen LogP contribution in [0.3, 0.4) is 0 Å². The van der Waals surface area contributed by atoms with Crippen LogP contribution in [0.5, 0.6) is 0 Å². The molecule has 92 valence electrons. The Kier molecular flexibility index (Phi) is 5.74. The van der Waals surface area contributed by atoms with Gasteiger partial charge in [-0.3, -0.25) is 10.1 Å². The van der Waals surface area contributed by atoms with Gasteiger partial charge < -0.3 is 5.32 Å². The van der Waals surface area contributed by atoms with Crippen molar-refractivity contribution < 1.29 is 9.59 Å². The van der Waals surface area contributed by atoms with Crippen LogP contribution in [-0.2, 0) is 4.79 Å². The minimum absolute atomic E-state index is 0.0965. The van der Waals surface area contributed by atoms with Crippen LogP contribution >= 0.6 is 39.1 Å². The van der Waals surface area contributed by atoms with Crippen LogP contribution in [0.4, 0.5) is 10.5 Å². The molecule has 3 amide bonds. The van der Waals surface area contributed by atoms with E-state index in [1.807, 2.05) is 0 Å². The van der Waals surface area contributed by atoms with Gasteiger partial charge in [0.25, 0.3) is 0 Å². The molecule has 0 radical (unpaired) electrons. The van der Waals surface area contributed by atoms with Crippen molar-refractivity contribution >= 4 is 56.8 Å². The van der Waals surface area contributed by atoms with Gasteiger partial charge in [0, 0.05) is 22.5 Å². The van der Waals surface area contributed by atoms with Crippen molar-refractivity contribution in [3.63, 3.8) is 0 Å². The molecule has 1 rings (SSSR count). The molecule has 0 aliphatic heterocycles. The van der Waals surface area contributed by atoms with E-state index in [4.69, 9.17) is 23.2 Å². The fraction of sp³-hybridized carbons (Fsp3) is 0.200. The predicted octanol–water partition coefficient (Wildman–Crippen LogP) is 3.38. The van der Waals surface area contributed by atoms with Gasteiger partial charge in [-0.25, -0.2) is 4.79 Å². The quantitative estimate of drug-likeness (QED) is 0.829. The maximum absolute atomic E-state index is 11.4. The Hall–Kier alpha value is -0.780. The number of carbonyl (C=O) groups excluding carboxylic acids is 2. The first kappa shape index (κ1) is 14.3. The van der Waals surface area contributed by atoms with Gasteiger partial charge in [0.1, 0.15) is 0 Å². The highest BCUT2D eigenvalue weighted by Crippen LogP contribution is 2.25. The molecule has 0 atom stereocenters. The average Bonchev–Trinajstić information content (AvgIpc) is 2.23. The average molecular weight is 340 g/mol. The van der Waals surface area contributed by atoms with Gasteiger partial charge in [-0.15, -0.1) is 11.6 Å². The second-order valence-electron chi connectivity index (χ2n) is 3.07. The molecule has 7 heteroatoms. The number of nitrogens with one attached hydrogen (secondary N) is 2.